The summed E-state index contributed by atoms with van der Waals surface area (Å²) in [5, 5.41) is 15.1. The van der Waals surface area contributed by atoms with Crippen LogP contribution in [0.15, 0.2) is 5.38 Å². The van der Waals surface area contributed by atoms with E-state index < -0.39 is 11.9 Å². The Kier molecular flexibility index (Phi) is 5.25. The topological polar surface area (TPSA) is 108 Å². The molecule has 3 N–H and O–H groups in total. The van der Waals surface area contributed by atoms with Crippen LogP contribution in [-0.2, 0) is 4.79 Å². The van der Waals surface area contributed by atoms with Crippen molar-refractivity contribution in [2.45, 2.75) is 13.3 Å². The molecule has 1 aromatic heterocycles. The first-order chi connectivity index (χ1) is 8.54. The number of nitrogens with zero attached hydrogens (tertiary/aromatic N) is 1. The van der Waals surface area contributed by atoms with E-state index in [1.807, 2.05) is 0 Å². The van der Waals surface area contributed by atoms with E-state index in [1.54, 1.807) is 6.92 Å². The highest BCUT2D eigenvalue weighted by atomic mass is 32.1. The molecule has 0 aliphatic heterocycles. The summed E-state index contributed by atoms with van der Waals surface area (Å²) < 4.78 is 0. The van der Waals surface area contributed by atoms with Crippen molar-refractivity contribution >= 4 is 29.1 Å². The molecule has 1 heterocycles. The molecular formula is C10H13N3O4S. The van der Waals surface area contributed by atoms with Crippen molar-refractivity contribution in [2.75, 3.05) is 13.1 Å². The Bertz CT molecular complexity index is 458. The van der Waals surface area contributed by atoms with E-state index in [-0.39, 0.29) is 29.6 Å². The molecule has 0 aliphatic carbocycles. The molecule has 7 nitrogen and oxygen atoms in total. The Labute approximate surface area is 107 Å². The van der Waals surface area contributed by atoms with E-state index in [0.717, 1.165) is 11.3 Å². The third kappa shape index (κ3) is 4.13. The van der Waals surface area contributed by atoms with E-state index in [1.165, 1.54) is 5.38 Å². The molecule has 98 valence electrons. The molecule has 0 atom stereocenters. The summed E-state index contributed by atoms with van der Waals surface area (Å²) >= 11 is 0.951. The van der Waals surface area contributed by atoms with Gasteiger partial charge in [-0.3, -0.25) is 9.59 Å². The first-order valence-electron chi connectivity index (χ1n) is 5.28. The second-order valence-corrected chi connectivity index (χ2v) is 4.16. The van der Waals surface area contributed by atoms with Gasteiger partial charge in [0.25, 0.3) is 5.91 Å². The van der Waals surface area contributed by atoms with Gasteiger partial charge in [-0.2, -0.15) is 0 Å². The summed E-state index contributed by atoms with van der Waals surface area (Å²) in [6, 6.07) is 0. The van der Waals surface area contributed by atoms with Crippen molar-refractivity contribution in [2.24, 2.45) is 0 Å². The van der Waals surface area contributed by atoms with Crippen molar-refractivity contribution in [3.05, 3.63) is 16.1 Å². The standard InChI is InChI=1S/C10H13N3O4S/c1-2-11-7(14)3-4-12-8(15)9-13-6(5-18-9)10(16)17/h5H,2-4H2,1H3,(H,11,14)(H,12,15)(H,16,17). The summed E-state index contributed by atoms with van der Waals surface area (Å²) in [5.74, 6) is -1.80. The van der Waals surface area contributed by atoms with Crippen molar-refractivity contribution in [1.82, 2.24) is 15.6 Å². The van der Waals surface area contributed by atoms with Gasteiger partial charge >= 0.3 is 5.97 Å². The van der Waals surface area contributed by atoms with Crippen LogP contribution in [0.25, 0.3) is 0 Å². The molecule has 0 saturated carbocycles. The molecule has 2 amide bonds. The van der Waals surface area contributed by atoms with Crippen molar-refractivity contribution in [3.8, 4) is 0 Å². The first kappa shape index (κ1) is 14.1. The minimum atomic E-state index is -1.17. The van der Waals surface area contributed by atoms with E-state index in [9.17, 15) is 14.4 Å². The Hall–Kier alpha value is -1.96. The lowest BCUT2D eigenvalue weighted by Crippen LogP contribution is -2.30. The van der Waals surface area contributed by atoms with Gasteiger partial charge in [-0.25, -0.2) is 9.78 Å². The highest BCUT2D eigenvalue weighted by Gasteiger charge is 2.14. The fourth-order valence-electron chi connectivity index (χ4n) is 1.13. The van der Waals surface area contributed by atoms with Crippen LogP contribution in [0.1, 0.15) is 33.6 Å². The van der Waals surface area contributed by atoms with Gasteiger partial charge in [0.05, 0.1) is 0 Å². The fourth-order valence-corrected chi connectivity index (χ4v) is 1.83. The average molecular weight is 271 g/mol. The number of carbonyl (C=O) groups excluding carboxylic acids is 2. The Morgan fingerprint density at radius 2 is 2.11 bits per heavy atom. The molecule has 0 aliphatic rings. The minimum absolute atomic E-state index is 0.0725. The average Bonchev–Trinajstić information content (AvgIpc) is 2.78. The number of amides is 2. The number of aromatic carboxylic acids is 1. The van der Waals surface area contributed by atoms with Gasteiger partial charge in [0.2, 0.25) is 5.91 Å². The number of carboxylic acid groups (broad SMARTS) is 1. The van der Waals surface area contributed by atoms with E-state index in [4.69, 9.17) is 5.11 Å². The summed E-state index contributed by atoms with van der Waals surface area (Å²) in [7, 11) is 0. The second-order valence-electron chi connectivity index (χ2n) is 3.30. The van der Waals surface area contributed by atoms with Crippen LogP contribution in [0.3, 0.4) is 0 Å². The number of hydrogen-bond donors (Lipinski definition) is 3. The van der Waals surface area contributed by atoms with E-state index >= 15 is 0 Å². The number of carboxylic acids is 1. The lowest BCUT2D eigenvalue weighted by Gasteiger charge is -2.03. The van der Waals surface area contributed by atoms with Gasteiger partial charge in [-0.15, -0.1) is 11.3 Å². The lowest BCUT2D eigenvalue weighted by atomic mass is 10.4. The largest absolute Gasteiger partial charge is 0.476 e. The summed E-state index contributed by atoms with van der Waals surface area (Å²) in [4.78, 5) is 36.9. The SMILES string of the molecule is CCNC(=O)CCNC(=O)c1nc(C(=O)O)cs1. The molecule has 0 aromatic carbocycles. The summed E-state index contributed by atoms with van der Waals surface area (Å²) in [5.41, 5.74) is -0.158. The first-order valence-corrected chi connectivity index (χ1v) is 6.16. The zero-order chi connectivity index (χ0) is 13.5. The Balaban J connectivity index is 2.40. The predicted molar refractivity (Wildman–Crippen MR) is 64.7 cm³/mol. The molecule has 0 radical (unpaired) electrons. The number of rotatable bonds is 6. The second kappa shape index (κ2) is 6.70. The Morgan fingerprint density at radius 3 is 2.67 bits per heavy atom. The maximum atomic E-state index is 11.5. The van der Waals surface area contributed by atoms with Crippen LogP contribution >= 0.6 is 11.3 Å². The fraction of sp³-hybridized carbons (Fsp3) is 0.400. The number of aromatic nitrogens is 1. The smallest absolute Gasteiger partial charge is 0.355 e. The number of carbonyl (C=O) groups is 3. The third-order valence-electron chi connectivity index (χ3n) is 1.93. The zero-order valence-electron chi connectivity index (χ0n) is 9.73. The van der Waals surface area contributed by atoms with Crippen molar-refractivity contribution in [1.29, 1.82) is 0 Å². The van der Waals surface area contributed by atoms with Gasteiger partial charge < -0.3 is 15.7 Å². The van der Waals surface area contributed by atoms with Gasteiger partial charge in [-0.05, 0) is 6.92 Å². The van der Waals surface area contributed by atoms with Gasteiger partial charge in [0.1, 0.15) is 0 Å². The molecule has 0 saturated heterocycles. The number of thiazole rings is 1. The molecule has 18 heavy (non-hydrogen) atoms. The van der Waals surface area contributed by atoms with Crippen LogP contribution in [0.4, 0.5) is 0 Å². The minimum Gasteiger partial charge on any atom is -0.476 e. The van der Waals surface area contributed by atoms with Crippen LogP contribution in [0.5, 0.6) is 0 Å². The van der Waals surface area contributed by atoms with Crippen LogP contribution in [0.2, 0.25) is 0 Å². The highest BCUT2D eigenvalue weighted by Crippen LogP contribution is 2.09. The van der Waals surface area contributed by atoms with Crippen LogP contribution < -0.4 is 10.6 Å². The maximum absolute atomic E-state index is 11.5. The van der Waals surface area contributed by atoms with Gasteiger partial charge in [0.15, 0.2) is 10.7 Å². The monoisotopic (exact) mass is 271 g/mol. The van der Waals surface area contributed by atoms with E-state index in [2.05, 4.69) is 15.6 Å². The van der Waals surface area contributed by atoms with Crippen molar-refractivity contribution in [3.63, 3.8) is 0 Å². The Morgan fingerprint density at radius 1 is 1.39 bits per heavy atom. The van der Waals surface area contributed by atoms with Gasteiger partial charge in [-0.1, -0.05) is 0 Å². The van der Waals surface area contributed by atoms with Crippen LogP contribution in [-0.4, -0.2) is 41.0 Å². The summed E-state index contributed by atoms with van der Waals surface area (Å²) in [6.45, 7) is 2.54. The normalized spacial score (nSPS) is 9.83. The quantitative estimate of drug-likeness (QED) is 0.680. The zero-order valence-corrected chi connectivity index (χ0v) is 10.5. The molecule has 8 heteroatoms. The maximum Gasteiger partial charge on any atom is 0.355 e. The van der Waals surface area contributed by atoms with E-state index in [0.29, 0.717) is 6.54 Å². The highest BCUT2D eigenvalue weighted by molar-refractivity contribution is 7.11. The molecule has 0 unspecified atom stereocenters. The van der Waals surface area contributed by atoms with Gasteiger partial charge in [0, 0.05) is 24.9 Å². The third-order valence-corrected chi connectivity index (χ3v) is 2.77. The van der Waals surface area contributed by atoms with Crippen molar-refractivity contribution < 1.29 is 19.5 Å². The molecule has 0 bridgehead atoms. The molecule has 1 aromatic rings. The number of hydrogen-bond acceptors (Lipinski definition) is 5. The lowest BCUT2D eigenvalue weighted by molar-refractivity contribution is -0.120. The molecule has 0 spiro atoms. The predicted octanol–water partition coefficient (Wildman–Crippen LogP) is 0.0973. The molecule has 0 fully saturated rings. The molecular weight excluding hydrogens is 258 g/mol. The van der Waals surface area contributed by atoms with Crippen LogP contribution in [0, 0.1) is 0 Å². The number of nitrogens with one attached hydrogen (secondary N) is 2. The molecule has 1 rings (SSSR count). The summed E-state index contributed by atoms with van der Waals surface area (Å²) in [6.07, 6.45) is 0.177.